The minimum absolute atomic E-state index is 0.0340. The number of nitrogens with zero attached hydrogens (tertiary/aromatic N) is 4. The summed E-state index contributed by atoms with van der Waals surface area (Å²) >= 11 is 0. The first-order valence-corrected chi connectivity index (χ1v) is 12.6. The molecule has 1 fully saturated rings. The normalized spacial score (nSPS) is 15.0. The quantitative estimate of drug-likeness (QED) is 0.427. The highest BCUT2D eigenvalue weighted by Crippen LogP contribution is 2.32. The number of anilines is 1. The van der Waals surface area contributed by atoms with Crippen LogP contribution in [-0.4, -0.2) is 33.4 Å². The fourth-order valence-electron chi connectivity index (χ4n) is 4.28. The smallest absolute Gasteiger partial charge is 0.269 e. The number of nitrogens with one attached hydrogen (secondary N) is 1. The van der Waals surface area contributed by atoms with E-state index in [0.717, 1.165) is 54.0 Å². The Bertz CT molecular complexity index is 1460. The summed E-state index contributed by atoms with van der Waals surface area (Å²) < 4.78 is 56.4. The Morgan fingerprint density at radius 2 is 1.76 bits per heavy atom. The molecular formula is C24H23F2N5O2S. The number of pyridine rings is 1. The minimum atomic E-state index is -4.04. The third-order valence-electron chi connectivity index (χ3n) is 6.09. The van der Waals surface area contributed by atoms with E-state index in [1.807, 2.05) is 6.92 Å². The van der Waals surface area contributed by atoms with Crippen molar-refractivity contribution in [2.75, 3.05) is 5.32 Å². The molecule has 10 heteroatoms. The van der Waals surface area contributed by atoms with Gasteiger partial charge in [0.05, 0.1) is 17.3 Å². The van der Waals surface area contributed by atoms with Crippen LogP contribution in [0.25, 0.3) is 22.4 Å². The van der Waals surface area contributed by atoms with Gasteiger partial charge in [-0.15, -0.1) is 0 Å². The van der Waals surface area contributed by atoms with Crippen LogP contribution < -0.4 is 5.32 Å². The Morgan fingerprint density at radius 1 is 1.03 bits per heavy atom. The standard InChI is InChI=1S/C24H23F2N5O2S/c1-15-7-9-18(10-8-15)34(32,33)31-14-20(19-11-16(25)12-28-24(19)31)22-27-13-21(26)23(30-22)29-17-5-3-2-4-6-17/h7-14,17H,2-6H2,1H3,(H,27,29,30). The average molecular weight is 484 g/mol. The van der Waals surface area contributed by atoms with E-state index < -0.39 is 21.7 Å². The van der Waals surface area contributed by atoms with E-state index in [0.29, 0.717) is 0 Å². The Kier molecular flexibility index (Phi) is 5.76. The Balaban J connectivity index is 1.63. The minimum Gasteiger partial charge on any atom is -0.365 e. The van der Waals surface area contributed by atoms with Crippen LogP contribution in [0.5, 0.6) is 0 Å². The molecule has 0 aliphatic heterocycles. The number of aromatic nitrogens is 4. The lowest BCUT2D eigenvalue weighted by Gasteiger charge is -2.23. The van der Waals surface area contributed by atoms with Crippen molar-refractivity contribution >= 4 is 26.9 Å². The SMILES string of the molecule is Cc1ccc(S(=O)(=O)n2cc(-c3ncc(F)c(NC4CCCCC4)n3)c3cc(F)cnc32)cc1. The second-order valence-electron chi connectivity index (χ2n) is 8.55. The van der Waals surface area contributed by atoms with Gasteiger partial charge in [0.2, 0.25) is 0 Å². The number of hydrogen-bond acceptors (Lipinski definition) is 6. The molecule has 3 aromatic heterocycles. The molecule has 0 atom stereocenters. The first-order valence-electron chi connectivity index (χ1n) is 11.1. The molecule has 1 saturated carbocycles. The first kappa shape index (κ1) is 22.4. The molecule has 1 aliphatic rings. The third kappa shape index (κ3) is 4.13. The van der Waals surface area contributed by atoms with E-state index in [-0.39, 0.29) is 39.2 Å². The topological polar surface area (TPSA) is 89.8 Å². The highest BCUT2D eigenvalue weighted by Gasteiger charge is 2.25. The van der Waals surface area contributed by atoms with E-state index in [9.17, 15) is 17.2 Å². The van der Waals surface area contributed by atoms with Gasteiger partial charge in [-0.3, -0.25) is 0 Å². The summed E-state index contributed by atoms with van der Waals surface area (Å²) in [5.74, 6) is -1.12. The number of benzene rings is 1. The van der Waals surface area contributed by atoms with Crippen LogP contribution in [-0.2, 0) is 10.0 Å². The monoisotopic (exact) mass is 483 g/mol. The van der Waals surface area contributed by atoms with Gasteiger partial charge in [-0.25, -0.2) is 36.1 Å². The maximum atomic E-state index is 14.5. The average Bonchev–Trinajstić information content (AvgIpc) is 3.21. The zero-order valence-corrected chi connectivity index (χ0v) is 19.3. The van der Waals surface area contributed by atoms with Gasteiger partial charge in [-0.1, -0.05) is 37.0 Å². The maximum absolute atomic E-state index is 14.5. The van der Waals surface area contributed by atoms with Gasteiger partial charge in [0, 0.05) is 23.2 Å². The Hall–Kier alpha value is -3.40. The van der Waals surface area contributed by atoms with E-state index in [2.05, 4.69) is 20.3 Å². The molecule has 0 amide bonds. The first-order chi connectivity index (χ1) is 16.3. The Labute approximate surface area is 195 Å². The molecule has 5 rings (SSSR count). The Morgan fingerprint density at radius 3 is 2.50 bits per heavy atom. The molecule has 0 spiro atoms. The molecule has 0 bridgehead atoms. The maximum Gasteiger partial charge on any atom is 0.269 e. The largest absolute Gasteiger partial charge is 0.365 e. The van der Waals surface area contributed by atoms with Crippen molar-refractivity contribution in [3.05, 3.63) is 66.1 Å². The summed E-state index contributed by atoms with van der Waals surface area (Å²) in [6.07, 6.45) is 8.42. The highest BCUT2D eigenvalue weighted by molar-refractivity contribution is 7.90. The van der Waals surface area contributed by atoms with Crippen molar-refractivity contribution in [3.8, 4) is 11.4 Å². The van der Waals surface area contributed by atoms with E-state index in [1.54, 1.807) is 12.1 Å². The zero-order chi connectivity index (χ0) is 23.9. The number of aryl methyl sites for hydroxylation is 1. The molecular weight excluding hydrogens is 460 g/mol. The lowest BCUT2D eigenvalue weighted by Crippen LogP contribution is -2.23. The van der Waals surface area contributed by atoms with Crippen LogP contribution in [0.3, 0.4) is 0 Å². The molecule has 1 N–H and O–H groups in total. The van der Waals surface area contributed by atoms with E-state index in [4.69, 9.17) is 0 Å². The summed E-state index contributed by atoms with van der Waals surface area (Å²) in [6, 6.07) is 7.67. The van der Waals surface area contributed by atoms with Gasteiger partial charge in [-0.2, -0.15) is 0 Å². The van der Waals surface area contributed by atoms with E-state index in [1.165, 1.54) is 24.4 Å². The number of halogens is 2. The molecule has 0 radical (unpaired) electrons. The molecule has 0 saturated heterocycles. The van der Waals surface area contributed by atoms with Gasteiger partial charge in [0.15, 0.2) is 23.1 Å². The van der Waals surface area contributed by atoms with Crippen LogP contribution in [0.1, 0.15) is 37.7 Å². The van der Waals surface area contributed by atoms with Gasteiger partial charge in [-0.05, 0) is 38.0 Å². The summed E-state index contributed by atoms with van der Waals surface area (Å²) in [6.45, 7) is 1.86. The number of fused-ring (bicyclic) bond motifs is 1. The van der Waals surface area contributed by atoms with Crippen LogP contribution in [0.2, 0.25) is 0 Å². The highest BCUT2D eigenvalue weighted by atomic mass is 32.2. The van der Waals surface area contributed by atoms with Crippen molar-refractivity contribution in [1.82, 2.24) is 18.9 Å². The fraction of sp³-hybridized carbons (Fsp3) is 0.292. The molecule has 1 aliphatic carbocycles. The van der Waals surface area contributed by atoms with Gasteiger partial charge < -0.3 is 5.32 Å². The van der Waals surface area contributed by atoms with Crippen LogP contribution in [0.15, 0.2) is 53.8 Å². The summed E-state index contributed by atoms with van der Waals surface area (Å²) in [5, 5.41) is 3.36. The van der Waals surface area contributed by atoms with Crippen molar-refractivity contribution < 1.29 is 17.2 Å². The summed E-state index contributed by atoms with van der Waals surface area (Å²) in [4.78, 5) is 12.5. The second kappa shape index (κ2) is 8.75. The van der Waals surface area contributed by atoms with Crippen LogP contribution in [0.4, 0.5) is 14.6 Å². The molecule has 0 unspecified atom stereocenters. The predicted octanol–water partition coefficient (Wildman–Crippen LogP) is 5.06. The molecule has 7 nitrogen and oxygen atoms in total. The van der Waals surface area contributed by atoms with E-state index >= 15 is 0 Å². The second-order valence-corrected chi connectivity index (χ2v) is 10.4. The number of rotatable bonds is 5. The van der Waals surface area contributed by atoms with Crippen molar-refractivity contribution in [2.24, 2.45) is 0 Å². The van der Waals surface area contributed by atoms with Gasteiger partial charge in [0.1, 0.15) is 5.82 Å². The molecule has 1 aromatic carbocycles. The molecule has 4 aromatic rings. The third-order valence-corrected chi connectivity index (χ3v) is 7.75. The van der Waals surface area contributed by atoms with Crippen LogP contribution in [0, 0.1) is 18.6 Å². The summed E-state index contributed by atoms with van der Waals surface area (Å²) in [5.41, 5.74) is 1.19. The lowest BCUT2D eigenvalue weighted by atomic mass is 9.95. The van der Waals surface area contributed by atoms with Crippen molar-refractivity contribution in [3.63, 3.8) is 0 Å². The fourth-order valence-corrected chi connectivity index (χ4v) is 5.60. The predicted molar refractivity (Wildman–Crippen MR) is 125 cm³/mol. The van der Waals surface area contributed by atoms with Crippen molar-refractivity contribution in [2.45, 2.75) is 50.0 Å². The zero-order valence-electron chi connectivity index (χ0n) is 18.5. The van der Waals surface area contributed by atoms with Gasteiger partial charge in [0.25, 0.3) is 10.0 Å². The number of hydrogen-bond donors (Lipinski definition) is 1. The molecule has 176 valence electrons. The van der Waals surface area contributed by atoms with Crippen LogP contribution >= 0.6 is 0 Å². The molecule has 34 heavy (non-hydrogen) atoms. The molecule has 3 heterocycles. The lowest BCUT2D eigenvalue weighted by molar-refractivity contribution is 0.459. The van der Waals surface area contributed by atoms with Gasteiger partial charge >= 0.3 is 0 Å². The summed E-state index contributed by atoms with van der Waals surface area (Å²) in [7, 11) is -4.04. The van der Waals surface area contributed by atoms with Crippen molar-refractivity contribution in [1.29, 1.82) is 0 Å².